The van der Waals surface area contributed by atoms with Crippen LogP contribution in [0.5, 0.6) is 0 Å². The number of rotatable bonds is 41. The highest BCUT2D eigenvalue weighted by Gasteiger charge is 2.19. The number of ether oxygens (including phenoxy) is 3. The Morgan fingerprint density at radius 3 is 0.942 bits per heavy atom. The van der Waals surface area contributed by atoms with E-state index in [1.807, 2.05) is 0 Å². The average Bonchev–Trinajstić information content (AvgIpc) is 3.12. The lowest BCUT2D eigenvalue weighted by Gasteiger charge is -2.18. The first-order valence-electron chi connectivity index (χ1n) is 22.9. The Morgan fingerprint density at radius 2 is 0.635 bits per heavy atom. The molecule has 0 aromatic heterocycles. The number of hydrogen-bond acceptors (Lipinski definition) is 6. The van der Waals surface area contributed by atoms with E-state index in [4.69, 9.17) is 14.2 Å². The van der Waals surface area contributed by atoms with Crippen molar-refractivity contribution in [2.75, 3.05) is 13.2 Å². The smallest absolute Gasteiger partial charge is 0.306 e. The number of esters is 3. The van der Waals surface area contributed by atoms with Crippen molar-refractivity contribution in [2.45, 2.75) is 259 Å². The van der Waals surface area contributed by atoms with Crippen molar-refractivity contribution >= 4 is 17.9 Å². The second-order valence-electron chi connectivity index (χ2n) is 16.2. The molecular formula is C46H88O6. The largest absolute Gasteiger partial charge is 0.462 e. The predicted octanol–water partition coefficient (Wildman–Crippen LogP) is 14.3. The molecule has 0 bridgehead atoms. The van der Waals surface area contributed by atoms with Crippen molar-refractivity contribution in [2.24, 2.45) is 5.92 Å². The van der Waals surface area contributed by atoms with Gasteiger partial charge in [0.2, 0.25) is 0 Å². The molecule has 308 valence electrons. The third kappa shape index (κ3) is 39.6. The summed E-state index contributed by atoms with van der Waals surface area (Å²) in [4.78, 5) is 37.6. The molecule has 0 saturated heterocycles. The van der Waals surface area contributed by atoms with Crippen LogP contribution in [0, 0.1) is 5.92 Å². The summed E-state index contributed by atoms with van der Waals surface area (Å²) in [6.45, 7) is 8.92. The van der Waals surface area contributed by atoms with Crippen LogP contribution in [0.15, 0.2) is 0 Å². The van der Waals surface area contributed by atoms with Gasteiger partial charge in [0.05, 0.1) is 0 Å². The lowest BCUT2D eigenvalue weighted by Crippen LogP contribution is -2.30. The quantitative estimate of drug-likeness (QED) is 0.0353. The van der Waals surface area contributed by atoms with Crippen molar-refractivity contribution in [3.8, 4) is 0 Å². The van der Waals surface area contributed by atoms with E-state index in [0.29, 0.717) is 19.3 Å². The molecule has 0 fully saturated rings. The molecular weight excluding hydrogens is 648 g/mol. The molecule has 0 aliphatic carbocycles. The fourth-order valence-corrected chi connectivity index (χ4v) is 6.80. The second kappa shape index (κ2) is 40.6. The highest BCUT2D eigenvalue weighted by Crippen LogP contribution is 2.16. The summed E-state index contributed by atoms with van der Waals surface area (Å²) in [7, 11) is 0. The van der Waals surface area contributed by atoms with Gasteiger partial charge in [0.1, 0.15) is 13.2 Å². The van der Waals surface area contributed by atoms with E-state index in [9.17, 15) is 14.4 Å². The summed E-state index contributed by atoms with van der Waals surface area (Å²) in [5.74, 6) is -0.0946. The van der Waals surface area contributed by atoms with Gasteiger partial charge in [0.25, 0.3) is 0 Å². The molecule has 0 aromatic rings. The van der Waals surface area contributed by atoms with Gasteiger partial charge in [-0.05, 0) is 25.2 Å². The molecule has 0 unspecified atom stereocenters. The highest BCUT2D eigenvalue weighted by molar-refractivity contribution is 5.71. The van der Waals surface area contributed by atoms with Crippen molar-refractivity contribution in [3.63, 3.8) is 0 Å². The molecule has 0 aliphatic rings. The van der Waals surface area contributed by atoms with Crippen molar-refractivity contribution in [1.82, 2.24) is 0 Å². The van der Waals surface area contributed by atoms with Crippen LogP contribution in [0.25, 0.3) is 0 Å². The number of unbranched alkanes of at least 4 members (excludes halogenated alkanes) is 28. The van der Waals surface area contributed by atoms with Crippen LogP contribution in [0.3, 0.4) is 0 Å². The maximum atomic E-state index is 12.7. The normalized spacial score (nSPS) is 11.9. The van der Waals surface area contributed by atoms with Crippen LogP contribution in [-0.2, 0) is 28.6 Å². The average molecular weight is 737 g/mol. The molecule has 0 N–H and O–H groups in total. The number of carbonyl (C=O) groups is 3. The Labute approximate surface area is 323 Å². The van der Waals surface area contributed by atoms with E-state index in [2.05, 4.69) is 27.7 Å². The fraction of sp³-hybridized carbons (Fsp3) is 0.935. The summed E-state index contributed by atoms with van der Waals surface area (Å²) in [6.07, 6.45) is 39.5. The minimum absolute atomic E-state index is 0.0644. The van der Waals surface area contributed by atoms with E-state index in [1.54, 1.807) is 0 Å². The van der Waals surface area contributed by atoms with Crippen LogP contribution in [0.1, 0.15) is 252 Å². The standard InChI is InChI=1S/C46H88O6/c1-5-7-9-11-13-15-17-19-21-22-24-29-33-37-44(47)50-40-43(41-51-45(48)38-34-30-27-26-28-32-36-42(3)4)52-46(49)39-35-31-25-23-20-18-16-14-12-10-8-6-2/h42-43H,5-41H2,1-4H3/t43-/m1/s1. The zero-order valence-electron chi connectivity index (χ0n) is 35.3. The third-order valence-electron chi connectivity index (χ3n) is 10.3. The molecule has 0 saturated carbocycles. The molecule has 0 aromatic carbocycles. The first-order chi connectivity index (χ1) is 25.4. The number of carbonyl (C=O) groups excluding carboxylic acids is 3. The Morgan fingerprint density at radius 1 is 0.365 bits per heavy atom. The van der Waals surface area contributed by atoms with Gasteiger partial charge in [-0.25, -0.2) is 0 Å². The van der Waals surface area contributed by atoms with Crippen LogP contribution >= 0.6 is 0 Å². The zero-order valence-corrected chi connectivity index (χ0v) is 35.3. The Balaban J connectivity index is 4.31. The molecule has 0 aliphatic heterocycles. The number of hydrogen-bond donors (Lipinski definition) is 0. The Bertz CT molecular complexity index is 781. The molecule has 6 nitrogen and oxygen atoms in total. The van der Waals surface area contributed by atoms with Crippen molar-refractivity contribution in [3.05, 3.63) is 0 Å². The fourth-order valence-electron chi connectivity index (χ4n) is 6.80. The van der Waals surface area contributed by atoms with Crippen molar-refractivity contribution in [1.29, 1.82) is 0 Å². The maximum Gasteiger partial charge on any atom is 0.306 e. The van der Waals surface area contributed by atoms with Crippen LogP contribution in [-0.4, -0.2) is 37.2 Å². The SMILES string of the molecule is CCCCCCCCCCCCCCCC(=O)OC[C@H](COC(=O)CCCCCCCCC(C)C)OC(=O)CCCCCCCCCCCCCC. The van der Waals surface area contributed by atoms with Crippen LogP contribution < -0.4 is 0 Å². The predicted molar refractivity (Wildman–Crippen MR) is 220 cm³/mol. The molecule has 0 heterocycles. The van der Waals surface area contributed by atoms with Gasteiger partial charge in [0.15, 0.2) is 6.10 Å². The van der Waals surface area contributed by atoms with Crippen molar-refractivity contribution < 1.29 is 28.6 Å². The second-order valence-corrected chi connectivity index (χ2v) is 16.2. The Kier molecular flexibility index (Phi) is 39.4. The summed E-state index contributed by atoms with van der Waals surface area (Å²) >= 11 is 0. The lowest BCUT2D eigenvalue weighted by molar-refractivity contribution is -0.167. The van der Waals surface area contributed by atoms with Gasteiger partial charge in [-0.2, -0.15) is 0 Å². The lowest BCUT2D eigenvalue weighted by atomic mass is 10.0. The van der Waals surface area contributed by atoms with E-state index < -0.39 is 6.10 Å². The highest BCUT2D eigenvalue weighted by atomic mass is 16.6. The van der Waals surface area contributed by atoms with Crippen LogP contribution in [0.4, 0.5) is 0 Å². The summed E-state index contributed by atoms with van der Waals surface area (Å²) in [6, 6.07) is 0. The van der Waals surface area contributed by atoms with Gasteiger partial charge < -0.3 is 14.2 Å². The minimum Gasteiger partial charge on any atom is -0.462 e. The summed E-state index contributed by atoms with van der Waals surface area (Å²) < 4.78 is 16.7. The molecule has 1 atom stereocenters. The zero-order chi connectivity index (χ0) is 38.2. The molecule has 0 rings (SSSR count). The van der Waals surface area contributed by atoms with E-state index in [1.165, 1.54) is 148 Å². The van der Waals surface area contributed by atoms with Crippen LogP contribution in [0.2, 0.25) is 0 Å². The van der Waals surface area contributed by atoms with Gasteiger partial charge in [0, 0.05) is 19.3 Å². The molecule has 0 radical (unpaired) electrons. The van der Waals surface area contributed by atoms with E-state index >= 15 is 0 Å². The topological polar surface area (TPSA) is 78.9 Å². The molecule has 0 amide bonds. The van der Waals surface area contributed by atoms with Gasteiger partial charge in [-0.1, -0.05) is 214 Å². The summed E-state index contributed by atoms with van der Waals surface area (Å²) in [5, 5.41) is 0. The van der Waals surface area contributed by atoms with Gasteiger partial charge in [-0.3, -0.25) is 14.4 Å². The molecule has 52 heavy (non-hydrogen) atoms. The van der Waals surface area contributed by atoms with E-state index in [-0.39, 0.29) is 31.1 Å². The molecule has 0 spiro atoms. The monoisotopic (exact) mass is 737 g/mol. The molecule has 6 heteroatoms. The minimum atomic E-state index is -0.759. The third-order valence-corrected chi connectivity index (χ3v) is 10.3. The first kappa shape index (κ1) is 50.4. The Hall–Kier alpha value is -1.59. The van der Waals surface area contributed by atoms with E-state index in [0.717, 1.165) is 63.7 Å². The van der Waals surface area contributed by atoms with Gasteiger partial charge >= 0.3 is 17.9 Å². The van der Waals surface area contributed by atoms with Gasteiger partial charge in [-0.15, -0.1) is 0 Å². The first-order valence-corrected chi connectivity index (χ1v) is 22.9. The summed E-state index contributed by atoms with van der Waals surface area (Å²) in [5.41, 5.74) is 0. The maximum absolute atomic E-state index is 12.7.